The summed E-state index contributed by atoms with van der Waals surface area (Å²) in [7, 11) is 0. The number of amides is 1. The van der Waals surface area contributed by atoms with Crippen LogP contribution in [0.1, 0.15) is 18.6 Å². The molecule has 0 saturated heterocycles. The molecular weight excluding hydrogens is 529 g/mol. The first-order valence-corrected chi connectivity index (χ1v) is 9.76. The molecule has 142 valence electrons. The molecule has 0 fully saturated rings. The van der Waals surface area contributed by atoms with Gasteiger partial charge in [0.25, 0.3) is 0 Å². The second kappa shape index (κ2) is 9.75. The van der Waals surface area contributed by atoms with Crippen molar-refractivity contribution in [3.05, 3.63) is 68.2 Å². The van der Waals surface area contributed by atoms with E-state index in [-0.39, 0.29) is 5.75 Å². The van der Waals surface area contributed by atoms with Gasteiger partial charge in [-0.3, -0.25) is 5.32 Å². The smallest absolute Gasteiger partial charge is 0.412 e. The van der Waals surface area contributed by atoms with E-state index < -0.39 is 24.1 Å². The normalized spacial score (nSPS) is 13.1. The molecule has 0 unspecified atom stereocenters. The lowest BCUT2D eigenvalue weighted by molar-refractivity contribution is -0.131. The van der Waals surface area contributed by atoms with Gasteiger partial charge in [0, 0.05) is 31.3 Å². The summed E-state index contributed by atoms with van der Waals surface area (Å²) in [5.41, 5.74) is 0.943. The average Bonchev–Trinajstić information content (AvgIpc) is 2.62. The predicted octanol–water partition coefficient (Wildman–Crippen LogP) is 5.33. The number of aliphatic carboxylic acids is 1. The second-order valence-corrected chi connectivity index (χ2v) is 7.88. The zero-order valence-corrected chi connectivity index (χ0v) is 18.0. The molecule has 27 heavy (non-hydrogen) atoms. The number of aromatic hydroxyl groups is 1. The molecule has 3 N–H and O–H groups in total. The van der Waals surface area contributed by atoms with Crippen molar-refractivity contribution in [3.8, 4) is 5.75 Å². The largest absolute Gasteiger partial charge is 0.508 e. The van der Waals surface area contributed by atoms with Gasteiger partial charge >= 0.3 is 12.1 Å². The lowest BCUT2D eigenvalue weighted by Gasteiger charge is -2.23. The molecule has 2 aromatic carbocycles. The van der Waals surface area contributed by atoms with Crippen molar-refractivity contribution >= 4 is 56.3 Å². The third-order valence-electron chi connectivity index (χ3n) is 3.64. The fourth-order valence-electron chi connectivity index (χ4n) is 2.34. The van der Waals surface area contributed by atoms with Gasteiger partial charge in [-0.25, -0.2) is 9.59 Å². The van der Waals surface area contributed by atoms with Crippen LogP contribution >= 0.6 is 38.5 Å². The summed E-state index contributed by atoms with van der Waals surface area (Å²) in [6.07, 6.45) is 0.819. The van der Waals surface area contributed by atoms with Crippen LogP contribution < -0.4 is 5.32 Å². The van der Waals surface area contributed by atoms with E-state index in [1.54, 1.807) is 43.3 Å². The molecule has 8 heteroatoms. The lowest BCUT2D eigenvalue weighted by Crippen LogP contribution is -2.21. The summed E-state index contributed by atoms with van der Waals surface area (Å²) in [5, 5.41) is 21.7. The van der Waals surface area contributed by atoms with Crippen LogP contribution in [0.5, 0.6) is 5.75 Å². The lowest BCUT2D eigenvalue weighted by atomic mass is 9.96. The fourth-order valence-corrected chi connectivity index (χ4v) is 3.12. The molecule has 0 aliphatic carbocycles. The maximum Gasteiger partial charge on any atom is 0.412 e. The minimum atomic E-state index is -1.10. The van der Waals surface area contributed by atoms with E-state index in [1.165, 1.54) is 12.1 Å². The maximum absolute atomic E-state index is 12.4. The molecule has 2 atom stereocenters. The number of ether oxygens (including phenoxy) is 1. The second-order valence-electron chi connectivity index (χ2n) is 5.72. The Labute approximate surface area is 178 Å². The third-order valence-corrected chi connectivity index (χ3v) is 4.84. The number of benzene rings is 2. The summed E-state index contributed by atoms with van der Waals surface area (Å²) in [4.78, 5) is 23.2. The number of halogens is 2. The Hall–Kier alpha value is -2.07. The first-order chi connectivity index (χ1) is 12.8. The molecule has 0 aromatic heterocycles. The van der Waals surface area contributed by atoms with Crippen LogP contribution in [0.15, 0.2) is 59.1 Å². The Bertz CT molecular complexity index is 854. The molecule has 0 bridgehead atoms. The van der Waals surface area contributed by atoms with Crippen molar-refractivity contribution in [1.82, 2.24) is 0 Å². The van der Waals surface area contributed by atoms with E-state index >= 15 is 0 Å². The Morgan fingerprint density at radius 1 is 1.22 bits per heavy atom. The van der Waals surface area contributed by atoms with Crippen molar-refractivity contribution in [2.24, 2.45) is 5.92 Å². The first-order valence-electron chi connectivity index (χ1n) is 7.89. The zero-order chi connectivity index (χ0) is 20.0. The Kier molecular flexibility index (Phi) is 7.66. The zero-order valence-electron chi connectivity index (χ0n) is 14.2. The quantitative estimate of drug-likeness (QED) is 0.337. The number of nitrogens with one attached hydrogen (secondary N) is 1. The maximum atomic E-state index is 12.4. The number of phenols is 1. The van der Waals surface area contributed by atoms with Gasteiger partial charge in [0.2, 0.25) is 0 Å². The van der Waals surface area contributed by atoms with E-state index in [2.05, 4.69) is 43.8 Å². The average molecular weight is 546 g/mol. The topological polar surface area (TPSA) is 95.9 Å². The van der Waals surface area contributed by atoms with Crippen LogP contribution in [-0.4, -0.2) is 22.3 Å². The molecule has 0 aliphatic heterocycles. The molecule has 1 amide bonds. The molecule has 0 saturated carbocycles. The van der Waals surface area contributed by atoms with Crippen LogP contribution in [0.2, 0.25) is 0 Å². The number of anilines is 1. The number of carbonyl (C=O) groups is 2. The van der Waals surface area contributed by atoms with E-state index in [4.69, 9.17) is 9.84 Å². The third kappa shape index (κ3) is 6.55. The number of carboxylic acid groups (broad SMARTS) is 1. The Morgan fingerprint density at radius 3 is 2.52 bits per heavy atom. The van der Waals surface area contributed by atoms with Crippen LogP contribution in [0.4, 0.5) is 10.5 Å². The molecular formula is C19H17BrINO5. The minimum absolute atomic E-state index is 0.0348. The van der Waals surface area contributed by atoms with Crippen LogP contribution in [0.3, 0.4) is 0 Å². The van der Waals surface area contributed by atoms with E-state index in [0.29, 0.717) is 11.3 Å². The van der Waals surface area contributed by atoms with Crippen LogP contribution in [0.25, 0.3) is 0 Å². The molecule has 2 aromatic rings. The van der Waals surface area contributed by atoms with E-state index in [1.807, 2.05) is 0 Å². The van der Waals surface area contributed by atoms with E-state index in [0.717, 1.165) is 14.1 Å². The Balaban J connectivity index is 2.25. The van der Waals surface area contributed by atoms with Gasteiger partial charge in [0.15, 0.2) is 0 Å². The molecule has 0 radical (unpaired) electrons. The number of rotatable bonds is 6. The van der Waals surface area contributed by atoms with Gasteiger partial charge in [0.1, 0.15) is 11.9 Å². The number of carboxylic acids is 1. The van der Waals surface area contributed by atoms with Crippen molar-refractivity contribution in [2.45, 2.75) is 13.0 Å². The SMILES string of the molecule is C[C@H](/C=C/C(=O)O)[C@@H](OC(=O)Nc1ccc(Br)cc1)c1cc(I)ccc1O. The number of carbonyl (C=O) groups excluding carboxylic acids is 1. The van der Waals surface area contributed by atoms with Gasteiger partial charge in [-0.2, -0.15) is 0 Å². The highest BCUT2D eigenvalue weighted by Gasteiger charge is 2.25. The van der Waals surface area contributed by atoms with Crippen molar-refractivity contribution in [2.75, 3.05) is 5.32 Å². The molecule has 2 rings (SSSR count). The van der Waals surface area contributed by atoms with Crippen molar-refractivity contribution in [3.63, 3.8) is 0 Å². The number of phenolic OH excluding ortho intramolecular Hbond substituents is 1. The standard InChI is InChI=1S/C19H17BrINO5/c1-11(2-9-17(24)25)18(15-10-13(21)5-8-16(15)23)27-19(26)22-14-6-3-12(20)4-7-14/h2-11,18,23H,1H3,(H,22,26)(H,24,25)/b9-2+/t11-,18-/m1/s1. The summed E-state index contributed by atoms with van der Waals surface area (Å²) < 4.78 is 7.25. The summed E-state index contributed by atoms with van der Waals surface area (Å²) in [6, 6.07) is 11.9. The summed E-state index contributed by atoms with van der Waals surface area (Å²) in [6.45, 7) is 1.70. The van der Waals surface area contributed by atoms with Crippen molar-refractivity contribution < 1.29 is 24.5 Å². The van der Waals surface area contributed by atoms with Gasteiger partial charge in [-0.15, -0.1) is 0 Å². The molecule has 6 nitrogen and oxygen atoms in total. The first kappa shape index (κ1) is 21.2. The molecule has 0 aliphatic rings. The van der Waals surface area contributed by atoms with Crippen LogP contribution in [0, 0.1) is 9.49 Å². The predicted molar refractivity (Wildman–Crippen MR) is 114 cm³/mol. The molecule has 0 heterocycles. The van der Waals surface area contributed by atoms with Gasteiger partial charge in [0.05, 0.1) is 0 Å². The van der Waals surface area contributed by atoms with Crippen molar-refractivity contribution in [1.29, 1.82) is 0 Å². The fraction of sp³-hybridized carbons (Fsp3) is 0.158. The monoisotopic (exact) mass is 545 g/mol. The Morgan fingerprint density at radius 2 is 1.89 bits per heavy atom. The highest BCUT2D eigenvalue weighted by Crippen LogP contribution is 2.34. The van der Waals surface area contributed by atoms with Gasteiger partial charge < -0.3 is 14.9 Å². The number of hydrogen-bond acceptors (Lipinski definition) is 4. The van der Waals surface area contributed by atoms with Gasteiger partial charge in [-0.05, 0) is 65.1 Å². The highest BCUT2D eigenvalue weighted by atomic mass is 127. The van der Waals surface area contributed by atoms with Crippen LogP contribution in [-0.2, 0) is 9.53 Å². The highest BCUT2D eigenvalue weighted by molar-refractivity contribution is 14.1. The van der Waals surface area contributed by atoms with E-state index in [9.17, 15) is 14.7 Å². The minimum Gasteiger partial charge on any atom is -0.508 e. The van der Waals surface area contributed by atoms with Gasteiger partial charge in [-0.1, -0.05) is 28.9 Å². The molecule has 0 spiro atoms. The number of hydrogen-bond donors (Lipinski definition) is 3. The summed E-state index contributed by atoms with van der Waals surface area (Å²) >= 11 is 5.40. The summed E-state index contributed by atoms with van der Waals surface area (Å²) in [5.74, 6) is -1.62.